The summed E-state index contributed by atoms with van der Waals surface area (Å²) >= 11 is 11.1. The second-order valence-electron chi connectivity index (χ2n) is 34.0. The Morgan fingerprint density at radius 2 is 0.987 bits per heavy atom. The van der Waals surface area contributed by atoms with Gasteiger partial charge in [0.15, 0.2) is 6.29 Å². The average Bonchev–Trinajstić information content (AvgIpc) is 1.64. The number of nitrogens with two attached hydrogens (primary N) is 3. The van der Waals surface area contributed by atoms with Gasteiger partial charge in [0.05, 0.1) is 171 Å². The number of rotatable bonds is 38. The number of aliphatic hydroxyl groups excluding tert-OH is 5. The Balaban J connectivity index is 0.000000307. The maximum Gasteiger partial charge on any atom is 1.00 e. The van der Waals surface area contributed by atoms with Gasteiger partial charge < -0.3 is 143 Å². The molecule has 0 amide bonds. The van der Waals surface area contributed by atoms with E-state index in [0.717, 1.165) is 291 Å². The number of nitrogens with zero attached hydrogens (tertiary/aromatic N) is 12. The number of carbonyl (C=O) groups excluding carboxylic acids is 1. The second-order valence-corrected chi connectivity index (χ2v) is 34.7. The molecule has 0 spiro atoms. The van der Waals surface area contributed by atoms with Crippen LogP contribution in [0.2, 0.25) is 5.28 Å². The van der Waals surface area contributed by atoms with Gasteiger partial charge in [-0.05, 0) is 256 Å². The van der Waals surface area contributed by atoms with E-state index in [9.17, 15) is 35.1 Å². The number of alkyl halides is 1. The summed E-state index contributed by atoms with van der Waals surface area (Å²) in [6, 6.07) is 38.1. The summed E-state index contributed by atoms with van der Waals surface area (Å²) < 4.78 is 39.9. The van der Waals surface area contributed by atoms with Gasteiger partial charge in [-0.3, -0.25) is 29.7 Å². The molecule has 4 saturated heterocycles. The molecule has 149 heavy (non-hydrogen) atoms. The fourth-order valence-electron chi connectivity index (χ4n) is 15.1. The smallest absolute Gasteiger partial charge is 1.00 e. The van der Waals surface area contributed by atoms with Crippen LogP contribution in [0.5, 0.6) is 17.2 Å². The van der Waals surface area contributed by atoms with Crippen LogP contribution in [0.25, 0.3) is 55.2 Å². The summed E-state index contributed by atoms with van der Waals surface area (Å²) in [6.45, 7) is 39.2. The molecule has 13 aromatic rings. The van der Waals surface area contributed by atoms with Gasteiger partial charge in [0.1, 0.15) is 28.6 Å². The third kappa shape index (κ3) is 44.5. The van der Waals surface area contributed by atoms with Crippen molar-refractivity contribution in [1.29, 1.82) is 0 Å². The third-order valence-corrected chi connectivity index (χ3v) is 23.4. The van der Waals surface area contributed by atoms with Gasteiger partial charge in [-0.2, -0.15) is 0 Å². The number of fused-ring (bicyclic) bond motifs is 5. The number of aromatic amines is 4. The molecule has 8 aromatic heterocycles. The van der Waals surface area contributed by atoms with E-state index in [2.05, 4.69) is 92.1 Å². The number of benzene rings is 5. The summed E-state index contributed by atoms with van der Waals surface area (Å²) in [5.41, 5.74) is 33.3. The van der Waals surface area contributed by atoms with Crippen LogP contribution < -0.4 is 63.0 Å². The van der Waals surface area contributed by atoms with Gasteiger partial charge >= 0.3 is 30.5 Å². The predicted octanol–water partition coefficient (Wildman–Crippen LogP) is 8.19. The van der Waals surface area contributed by atoms with Crippen molar-refractivity contribution in [1.82, 2.24) is 84.0 Å². The first-order valence-electron chi connectivity index (χ1n) is 49.4. The van der Waals surface area contributed by atoms with E-state index in [0.29, 0.717) is 76.7 Å². The Bertz CT molecular complexity index is 6190. The Morgan fingerprint density at radius 3 is 1.50 bits per heavy atom. The third-order valence-electron chi connectivity index (χ3n) is 23.0. The summed E-state index contributed by atoms with van der Waals surface area (Å²) in [6.07, 6.45) is 9.75. The number of aromatic nitrogens is 13. The number of hydrogen-bond acceptors (Lipinski definition) is 34. The quantitative estimate of drug-likeness (QED) is 0.00329. The van der Waals surface area contributed by atoms with Crippen LogP contribution in [-0.4, -0.2) is 320 Å². The van der Waals surface area contributed by atoms with Crippen LogP contribution >= 0.6 is 35.6 Å². The number of pyridine rings is 3. The Kier molecular flexibility index (Phi) is 60.5. The normalized spacial score (nSPS) is 13.8. The van der Waals surface area contributed by atoms with Crippen LogP contribution in [0.4, 0.5) is 17.8 Å². The van der Waals surface area contributed by atoms with Crippen molar-refractivity contribution in [2.75, 3.05) is 193 Å². The molecular weight excluding hydrogens is 1980 g/mol. The predicted molar refractivity (Wildman–Crippen MR) is 585 cm³/mol. The van der Waals surface area contributed by atoms with Crippen molar-refractivity contribution in [2.45, 2.75) is 132 Å². The number of H-pyrrole nitrogens is 4. The van der Waals surface area contributed by atoms with Gasteiger partial charge in [-0.25, -0.2) is 29.5 Å². The van der Waals surface area contributed by atoms with Crippen LogP contribution in [0.3, 0.4) is 0 Å². The topological polar surface area (TPSA) is 560 Å². The maximum absolute atomic E-state index is 11.0. The second kappa shape index (κ2) is 71.1. The minimum Gasteiger partial charge on any atom is -1.00 e. The molecule has 1 unspecified atom stereocenters. The molecule has 0 saturated carbocycles. The van der Waals surface area contributed by atoms with Gasteiger partial charge in [0.2, 0.25) is 23.1 Å². The Morgan fingerprint density at radius 1 is 0.510 bits per heavy atom. The first-order valence-corrected chi connectivity index (χ1v) is 50.3. The number of nitrogens with one attached hydrogen (secondary N) is 8. The molecule has 3 radical (unpaired) electrons. The molecule has 4 fully saturated rings. The van der Waals surface area contributed by atoms with Crippen LogP contribution in [0, 0.1) is 20.8 Å². The fraction of sp³-hybridized carbons (Fsp3) is 0.452. The van der Waals surface area contributed by atoms with E-state index in [4.69, 9.17) is 94.1 Å². The van der Waals surface area contributed by atoms with Crippen molar-refractivity contribution >= 4 is 132 Å². The van der Waals surface area contributed by atoms with Crippen LogP contribution in [0.1, 0.15) is 129 Å². The standard InChI is InChI=1S/C22H29N5O3.C22H31N5O3.C15H22N4O2.C10H12N2O3.C9H14N2O2.C8H7ClN2O.C7H8ClNO.C7H16N2O.C4H8O.Al.ClH.Li.H/c1-16-3-6-21(29)19(24-16)14-27-20-13-17(15-28)4-5-18(20)25-22(27)23-7-2-8-26-9-11-30-12-10-26;1-3-30-12-11-23-9-4-10-24-22-26-18-13-17(15-28)6-7-20(18)27(22)14-19-21(29)8-5-16(2)25-19;20-11-12-2-3-13-14(10-12)18-15(17-13)16-4-1-5-19-6-8-21-9-7-19;1-2-15-9(13)6-3-4-7-8(5-6)12-10(14)11-7;1-3-7(10)8(11)5-6-9(12)13-4-2;9-8-10-6-2-1-5(4-12)3-7(6)11-8;1-5-2-3-7(10)6(4-8)9-5;8-2-1-3-9-4-6-10-7-5-9;1-2-4-5-3-1;;;;/h3-6,13,28-29H,2,7-12,14-15H2,1H3,(H,23,25);5-8,13,23,28-29H,3-4,9-12,14-15H2,1-2H3,(H,24,26);2-3,10,20H,1,4-9,11H2,(H2,16,17,18);3-5,9,13H,2H2,1H3,(H2,11,12,14);3,5-6H,1,4,10-11H2,2H3;1-3,12H,4H2,(H,10,11);2-3,10H,4H2,1H3;1-8H2;1-4H2;;1H;;/q;;;;;;;;;;;+1;-1/b;;;;6-5+,8-7-;;;;;;;;. The monoisotopic (exact) mass is 2130 g/mol. The first kappa shape index (κ1) is 127. The summed E-state index contributed by atoms with van der Waals surface area (Å²) in [4.78, 5) is 71.4. The molecule has 4 aliphatic heterocycles. The zero-order chi connectivity index (χ0) is 105. The van der Waals surface area contributed by atoms with E-state index in [1.165, 1.54) is 31.1 Å². The van der Waals surface area contributed by atoms with E-state index < -0.39 is 12.3 Å². The van der Waals surface area contributed by atoms with Gasteiger partial charge in [0.25, 0.3) is 0 Å². The zero-order valence-corrected chi connectivity index (χ0v) is 90.0. The molecule has 22 N–H and O–H groups in total. The number of ether oxygens (including phenoxy) is 7. The van der Waals surface area contributed by atoms with Gasteiger partial charge in [-0.15, -0.1) is 24.0 Å². The first-order chi connectivity index (χ1) is 70.9. The zero-order valence-electron chi connectivity index (χ0n) is 87.5. The number of aryl methyl sites for hydroxylation is 3. The van der Waals surface area contributed by atoms with Crippen LogP contribution in [-0.2, 0) is 83.3 Å². The SMILES string of the molecule is C1CCOC1.C=C/C(N)=C(N)\C=C\C(=O)OCC.CCOC(O)c1ccc2[nH]c(=O)[nH]c2c1.CCOCCNCCCNc1nc2cc(CO)ccc2n1Cc1nc(C)ccc1O.Cc1ccc(O)c(CCl)n1.Cc1ccc(O)c(Cn2c(NCCCN3CCOCC3)nc3ccc(CO)cc32)n1.Cl.NCCCN1CCOCC1.OCc1ccc2nc(Cl)[nH]c2c1.OCc1ccc2nc(NCCCN3CCOCC3)[nH]c2c1.[Al].[H-].[Li+]. The average molecular weight is 2130 g/mol. The summed E-state index contributed by atoms with van der Waals surface area (Å²) in [5.74, 6) is 2.57. The van der Waals surface area contributed by atoms with E-state index in [-0.39, 0.29) is 105 Å². The van der Waals surface area contributed by atoms with Crippen molar-refractivity contribution in [2.24, 2.45) is 17.2 Å². The Labute approximate surface area is 910 Å². The van der Waals surface area contributed by atoms with E-state index >= 15 is 0 Å². The molecule has 1 atom stereocenters. The molecular formula is C104H149AlCl3LiN23O17. The number of esters is 1. The molecule has 4 aliphatic rings. The largest absolute Gasteiger partial charge is 1.00 e. The van der Waals surface area contributed by atoms with E-state index in [1.807, 2.05) is 110 Å². The van der Waals surface area contributed by atoms with Gasteiger partial charge in [0, 0.05) is 138 Å². The van der Waals surface area contributed by atoms with Crippen molar-refractivity contribution in [3.63, 3.8) is 0 Å². The van der Waals surface area contributed by atoms with Crippen LogP contribution in [0.15, 0.2) is 168 Å². The Hall–Kier alpha value is -10.9. The molecule has 807 valence electrons. The number of hydrogen-bond donors (Lipinski definition) is 19. The molecule has 40 nitrogen and oxygen atoms in total. The van der Waals surface area contributed by atoms with Crippen molar-refractivity contribution in [3.8, 4) is 17.2 Å². The fourth-order valence-corrected chi connectivity index (χ4v) is 15.5. The molecule has 0 aliphatic carbocycles. The van der Waals surface area contributed by atoms with Crippen molar-refractivity contribution in [3.05, 3.63) is 241 Å². The molecule has 45 heteroatoms. The molecule has 12 heterocycles. The number of carbonyl (C=O) groups is 1. The number of imidazole rings is 5. The number of halogens is 3. The number of anilines is 3. The number of allylic oxidation sites excluding steroid dienone is 2. The molecule has 17 rings (SSSR count). The number of aliphatic hydroxyl groups is 5. The molecule has 0 bridgehead atoms. The minimum absolute atomic E-state index is 0. The van der Waals surface area contributed by atoms with Gasteiger partial charge in [-0.1, -0.05) is 36.9 Å². The minimum atomic E-state index is -0.946. The van der Waals surface area contributed by atoms with Crippen molar-refractivity contribution < 1.29 is 99.1 Å². The summed E-state index contributed by atoms with van der Waals surface area (Å²) in [7, 11) is 0. The number of morpholine rings is 3. The van der Waals surface area contributed by atoms with E-state index in [1.54, 1.807) is 68.4 Å². The maximum atomic E-state index is 11.0. The summed E-state index contributed by atoms with van der Waals surface area (Å²) in [5, 5.41) is 90.1. The molecule has 5 aromatic carbocycles. The number of aromatic hydroxyl groups is 3.